The van der Waals surface area contributed by atoms with E-state index in [9.17, 15) is 9.18 Å². The van der Waals surface area contributed by atoms with E-state index in [0.717, 1.165) is 16.9 Å². The van der Waals surface area contributed by atoms with Gasteiger partial charge in [0.1, 0.15) is 11.6 Å². The van der Waals surface area contributed by atoms with Gasteiger partial charge in [-0.25, -0.2) is 9.37 Å². The normalized spacial score (nSPS) is 11.7. The summed E-state index contributed by atoms with van der Waals surface area (Å²) in [5.41, 5.74) is 2.71. The highest BCUT2D eigenvalue weighted by molar-refractivity contribution is 6.00. The molecule has 0 radical (unpaired) electrons. The summed E-state index contributed by atoms with van der Waals surface area (Å²) in [6.07, 6.45) is 1.64. The van der Waals surface area contributed by atoms with Gasteiger partial charge in [0.15, 0.2) is 5.76 Å². The fourth-order valence-electron chi connectivity index (χ4n) is 3.39. The van der Waals surface area contributed by atoms with Gasteiger partial charge < -0.3 is 14.5 Å². The van der Waals surface area contributed by atoms with Crippen LogP contribution in [0.2, 0.25) is 0 Å². The molecule has 0 aliphatic heterocycles. The second kappa shape index (κ2) is 9.47. The minimum atomic E-state index is -0.315. The van der Waals surface area contributed by atoms with Crippen molar-refractivity contribution in [3.05, 3.63) is 95.9 Å². The summed E-state index contributed by atoms with van der Waals surface area (Å²) in [6, 6.07) is 20.5. The molecule has 1 atom stereocenters. The number of ether oxygens (including phenoxy) is 1. The van der Waals surface area contributed by atoms with Crippen molar-refractivity contribution in [3.63, 3.8) is 0 Å². The van der Waals surface area contributed by atoms with Crippen molar-refractivity contribution >= 4 is 5.91 Å². The van der Waals surface area contributed by atoms with Crippen molar-refractivity contribution < 1.29 is 18.3 Å². The lowest BCUT2D eigenvalue weighted by molar-refractivity contribution is 0.0940. The molecule has 5 nitrogen and oxygen atoms in total. The first-order chi connectivity index (χ1) is 15.5. The zero-order valence-electron chi connectivity index (χ0n) is 17.8. The molecule has 1 aromatic heterocycles. The van der Waals surface area contributed by atoms with Crippen LogP contribution in [0.25, 0.3) is 22.8 Å². The van der Waals surface area contributed by atoms with E-state index in [2.05, 4.69) is 10.3 Å². The number of nitrogens with one attached hydrogen (secondary N) is 1. The summed E-state index contributed by atoms with van der Waals surface area (Å²) < 4.78 is 24.6. The Morgan fingerprint density at radius 3 is 2.50 bits per heavy atom. The van der Waals surface area contributed by atoms with E-state index in [1.807, 2.05) is 44.2 Å². The van der Waals surface area contributed by atoms with Crippen molar-refractivity contribution in [2.24, 2.45) is 0 Å². The van der Waals surface area contributed by atoms with Crippen LogP contribution in [0.4, 0.5) is 4.39 Å². The number of nitrogens with zero attached hydrogens (tertiary/aromatic N) is 1. The monoisotopic (exact) mass is 430 g/mol. The summed E-state index contributed by atoms with van der Waals surface area (Å²) in [5, 5.41) is 2.95. The third-order valence-electron chi connectivity index (χ3n) is 5.08. The lowest BCUT2D eigenvalue weighted by atomic mass is 10.0. The van der Waals surface area contributed by atoms with Gasteiger partial charge in [-0.2, -0.15) is 0 Å². The van der Waals surface area contributed by atoms with Crippen LogP contribution in [0, 0.1) is 5.82 Å². The number of oxazole rings is 1. The number of aromatic nitrogens is 1. The van der Waals surface area contributed by atoms with Gasteiger partial charge in [0.2, 0.25) is 5.89 Å². The molecule has 1 amide bonds. The van der Waals surface area contributed by atoms with Crippen molar-refractivity contribution in [2.75, 3.05) is 6.61 Å². The van der Waals surface area contributed by atoms with Crippen molar-refractivity contribution in [1.29, 1.82) is 0 Å². The molecule has 0 fully saturated rings. The molecular weight excluding hydrogens is 407 g/mol. The largest absolute Gasteiger partial charge is 0.494 e. The zero-order valence-corrected chi connectivity index (χ0v) is 17.8. The third kappa shape index (κ3) is 4.70. The summed E-state index contributed by atoms with van der Waals surface area (Å²) >= 11 is 0. The predicted octanol–water partition coefficient (Wildman–Crippen LogP) is 6.04. The van der Waals surface area contributed by atoms with Crippen LogP contribution in [-0.2, 0) is 0 Å². The van der Waals surface area contributed by atoms with Crippen LogP contribution in [-0.4, -0.2) is 17.5 Å². The lowest BCUT2D eigenvalue weighted by Gasteiger charge is -2.15. The molecular formula is C26H23FN2O3. The summed E-state index contributed by atoms with van der Waals surface area (Å²) in [4.78, 5) is 17.4. The molecule has 1 N–H and O–H groups in total. The lowest BCUT2D eigenvalue weighted by Crippen LogP contribution is -2.27. The Morgan fingerprint density at radius 1 is 1.06 bits per heavy atom. The van der Waals surface area contributed by atoms with Gasteiger partial charge >= 0.3 is 0 Å². The molecule has 0 saturated carbocycles. The molecule has 0 unspecified atom stereocenters. The Morgan fingerprint density at radius 2 is 1.78 bits per heavy atom. The number of hydrogen-bond donors (Lipinski definition) is 1. The van der Waals surface area contributed by atoms with Gasteiger partial charge in [-0.15, -0.1) is 0 Å². The van der Waals surface area contributed by atoms with Crippen LogP contribution in [0.3, 0.4) is 0 Å². The maximum atomic E-state index is 13.2. The van der Waals surface area contributed by atoms with E-state index in [4.69, 9.17) is 9.15 Å². The van der Waals surface area contributed by atoms with Crippen LogP contribution in [0.1, 0.15) is 35.8 Å². The first-order valence-electron chi connectivity index (χ1n) is 10.4. The zero-order chi connectivity index (χ0) is 22.5. The maximum Gasteiger partial charge on any atom is 0.252 e. The van der Waals surface area contributed by atoms with Crippen molar-refractivity contribution in [3.8, 4) is 28.5 Å². The Hall–Kier alpha value is -3.93. The number of halogens is 1. The van der Waals surface area contributed by atoms with E-state index in [-0.39, 0.29) is 17.8 Å². The summed E-state index contributed by atoms with van der Waals surface area (Å²) in [6.45, 7) is 4.39. The Balaban J connectivity index is 1.56. The number of carbonyl (C=O) groups is 1. The van der Waals surface area contributed by atoms with Gasteiger partial charge in [0, 0.05) is 11.1 Å². The Labute approximate surface area is 185 Å². The van der Waals surface area contributed by atoms with Gasteiger partial charge in [-0.3, -0.25) is 4.79 Å². The third-order valence-corrected chi connectivity index (χ3v) is 5.08. The van der Waals surface area contributed by atoms with Gasteiger partial charge in [-0.05, 0) is 67.9 Å². The van der Waals surface area contributed by atoms with E-state index in [0.29, 0.717) is 29.4 Å². The molecule has 4 rings (SSSR count). The molecule has 3 aromatic carbocycles. The number of rotatable bonds is 7. The van der Waals surface area contributed by atoms with E-state index in [1.54, 1.807) is 36.5 Å². The molecule has 6 heteroatoms. The first-order valence-corrected chi connectivity index (χ1v) is 10.4. The molecule has 0 bridgehead atoms. The molecule has 0 aliphatic carbocycles. The topological polar surface area (TPSA) is 64.4 Å². The Bertz CT molecular complexity index is 1200. The van der Waals surface area contributed by atoms with E-state index >= 15 is 0 Å². The van der Waals surface area contributed by atoms with Crippen LogP contribution in [0.15, 0.2) is 83.4 Å². The fourth-order valence-corrected chi connectivity index (χ4v) is 3.39. The van der Waals surface area contributed by atoms with Crippen molar-refractivity contribution in [1.82, 2.24) is 10.3 Å². The molecule has 4 aromatic rings. The van der Waals surface area contributed by atoms with Crippen LogP contribution >= 0.6 is 0 Å². The minimum Gasteiger partial charge on any atom is -0.494 e. The second-order valence-corrected chi connectivity index (χ2v) is 7.28. The number of carbonyl (C=O) groups excluding carboxylic acids is 1. The van der Waals surface area contributed by atoms with Crippen LogP contribution < -0.4 is 10.1 Å². The van der Waals surface area contributed by atoms with Crippen molar-refractivity contribution in [2.45, 2.75) is 19.9 Å². The highest BCUT2D eigenvalue weighted by Gasteiger charge is 2.19. The molecule has 0 spiro atoms. The Kier molecular flexibility index (Phi) is 6.31. The molecule has 1 heterocycles. The summed E-state index contributed by atoms with van der Waals surface area (Å²) in [5.74, 6) is 1.16. The smallest absolute Gasteiger partial charge is 0.252 e. The summed E-state index contributed by atoms with van der Waals surface area (Å²) in [7, 11) is 0. The maximum absolute atomic E-state index is 13.2. The number of amides is 1. The predicted molar refractivity (Wildman–Crippen MR) is 121 cm³/mol. The quantitative estimate of drug-likeness (QED) is 0.388. The molecule has 32 heavy (non-hydrogen) atoms. The highest BCUT2D eigenvalue weighted by atomic mass is 19.1. The molecule has 162 valence electrons. The van der Waals surface area contributed by atoms with E-state index in [1.165, 1.54) is 12.1 Å². The van der Waals surface area contributed by atoms with Crippen LogP contribution in [0.5, 0.6) is 5.75 Å². The average molecular weight is 430 g/mol. The minimum absolute atomic E-state index is 0.266. The standard InChI is InChI=1S/C26H23FN2O3/c1-3-31-21-14-10-19(11-15-21)24-16-28-26(32-24)23-7-5-4-6-22(23)25(30)29-17(2)18-8-12-20(27)13-9-18/h4-17H,3H2,1-2H3,(H,29,30)/t17-/m1/s1. The molecule has 0 aliphatic rings. The van der Waals surface area contributed by atoms with Gasteiger partial charge in [0.25, 0.3) is 5.91 Å². The number of hydrogen-bond acceptors (Lipinski definition) is 4. The first kappa shape index (κ1) is 21.3. The average Bonchev–Trinajstić information content (AvgIpc) is 3.30. The van der Waals surface area contributed by atoms with Gasteiger partial charge in [-0.1, -0.05) is 24.3 Å². The second-order valence-electron chi connectivity index (χ2n) is 7.28. The number of benzene rings is 3. The van der Waals surface area contributed by atoms with Gasteiger partial charge in [0.05, 0.1) is 24.4 Å². The molecule has 0 saturated heterocycles. The fraction of sp³-hybridized carbons (Fsp3) is 0.154. The highest BCUT2D eigenvalue weighted by Crippen LogP contribution is 2.29. The SMILES string of the molecule is CCOc1ccc(-c2cnc(-c3ccccc3C(=O)N[C@H](C)c3ccc(F)cc3)o2)cc1. The van der Waals surface area contributed by atoms with E-state index < -0.39 is 0 Å².